The van der Waals surface area contributed by atoms with Crippen molar-refractivity contribution in [1.29, 1.82) is 0 Å². The zero-order chi connectivity index (χ0) is 26.7. The van der Waals surface area contributed by atoms with Gasteiger partial charge in [-0.25, -0.2) is 4.79 Å². The second-order valence-corrected chi connectivity index (χ2v) is 12.2. The van der Waals surface area contributed by atoms with Gasteiger partial charge >= 0.3 is 12.1 Å². The molecule has 1 saturated heterocycles. The molecule has 1 aliphatic carbocycles. The lowest BCUT2D eigenvalue weighted by Gasteiger charge is -2.37. The van der Waals surface area contributed by atoms with Gasteiger partial charge in [-0.15, -0.1) is 0 Å². The fraction of sp³-hybridized carbons (Fsp3) is 0.310. The molecule has 1 amide bonds. The molecule has 8 nitrogen and oxygen atoms in total. The fourth-order valence-corrected chi connectivity index (χ4v) is 7.52. The Labute approximate surface area is 221 Å². The van der Waals surface area contributed by atoms with Crippen LogP contribution in [0.3, 0.4) is 0 Å². The van der Waals surface area contributed by atoms with Crippen molar-refractivity contribution in [2.24, 2.45) is 5.92 Å². The van der Waals surface area contributed by atoms with E-state index in [0.717, 1.165) is 27.8 Å². The largest absolute Gasteiger partial charge is 0.481 e. The molecule has 0 bridgehead atoms. The molecule has 1 aliphatic heterocycles. The molecule has 2 N–H and O–H groups in total. The van der Waals surface area contributed by atoms with Crippen molar-refractivity contribution < 1.29 is 33.6 Å². The minimum absolute atomic E-state index is 0.0818. The summed E-state index contributed by atoms with van der Waals surface area (Å²) in [6, 6.07) is 25.0. The van der Waals surface area contributed by atoms with E-state index >= 15 is 0 Å². The van der Waals surface area contributed by atoms with Crippen molar-refractivity contribution >= 4 is 19.4 Å². The van der Waals surface area contributed by atoms with Crippen LogP contribution in [0, 0.1) is 5.92 Å². The minimum atomic E-state index is -4.16. The van der Waals surface area contributed by atoms with E-state index in [-0.39, 0.29) is 38.7 Å². The van der Waals surface area contributed by atoms with E-state index < -0.39 is 37.3 Å². The first-order valence-electron chi connectivity index (χ1n) is 12.6. The molecule has 0 spiro atoms. The summed E-state index contributed by atoms with van der Waals surface area (Å²) >= 11 is 0. The molecule has 0 radical (unpaired) electrons. The predicted molar refractivity (Wildman–Crippen MR) is 142 cm³/mol. The predicted octanol–water partition coefficient (Wildman–Crippen LogP) is 4.81. The topological polar surface area (TPSA) is 113 Å². The minimum Gasteiger partial charge on any atom is -0.481 e. The number of carboxylic acids is 1. The standard InChI is InChI=1S/C29H30NO7P/c31-28(32)21(16-20-8-2-1-3-9-20)19-38(34,35)27-18-36-15-14-30(27)29(33)37-17-26-24-12-6-4-10-22(24)23-11-5-7-13-25(23)26/h1-13,21,26-27H,14-19H2,(H,31,32)(H,34,35). The van der Waals surface area contributed by atoms with Crippen LogP contribution in [-0.2, 0) is 25.3 Å². The van der Waals surface area contributed by atoms with Crippen LogP contribution < -0.4 is 0 Å². The third-order valence-electron chi connectivity index (χ3n) is 7.30. The van der Waals surface area contributed by atoms with Gasteiger partial charge in [-0.3, -0.25) is 14.3 Å². The molecular formula is C29H30NO7P. The maximum Gasteiger partial charge on any atom is 0.410 e. The van der Waals surface area contributed by atoms with Crippen LogP contribution in [0.2, 0.25) is 0 Å². The highest BCUT2D eigenvalue weighted by Gasteiger charge is 2.44. The maximum absolute atomic E-state index is 13.5. The Kier molecular flexibility index (Phi) is 7.65. The third kappa shape index (κ3) is 5.39. The number of hydrogen-bond donors (Lipinski definition) is 2. The lowest BCUT2D eigenvalue weighted by atomic mass is 9.98. The SMILES string of the molecule is O=C(O)C(Cc1ccccc1)CP(=O)(O)C1COCCN1C(=O)OCC1c2ccccc2-c2ccccc21. The zero-order valence-electron chi connectivity index (χ0n) is 20.8. The summed E-state index contributed by atoms with van der Waals surface area (Å²) in [5.74, 6) is -3.56. The smallest absolute Gasteiger partial charge is 0.410 e. The monoisotopic (exact) mass is 535 g/mol. The van der Waals surface area contributed by atoms with Crippen LogP contribution in [-0.4, -0.2) is 65.3 Å². The Hall–Kier alpha value is -3.45. The molecular weight excluding hydrogens is 505 g/mol. The van der Waals surface area contributed by atoms with E-state index in [9.17, 15) is 24.2 Å². The van der Waals surface area contributed by atoms with Gasteiger partial charge in [0.05, 0.1) is 19.1 Å². The number of hydrogen-bond acceptors (Lipinski definition) is 5. The van der Waals surface area contributed by atoms with Gasteiger partial charge in [0, 0.05) is 18.6 Å². The Morgan fingerprint density at radius 3 is 2.21 bits per heavy atom. The number of nitrogens with zero attached hydrogens (tertiary/aromatic N) is 1. The third-order valence-corrected chi connectivity index (χ3v) is 9.62. The fourth-order valence-electron chi connectivity index (χ4n) is 5.38. The molecule has 0 saturated carbocycles. The van der Waals surface area contributed by atoms with E-state index in [0.29, 0.717) is 0 Å². The number of benzene rings is 3. The molecule has 1 fully saturated rings. The summed E-state index contributed by atoms with van der Waals surface area (Å²) in [6.45, 7) is 0.212. The molecule has 2 aliphatic rings. The van der Waals surface area contributed by atoms with E-state index in [4.69, 9.17) is 9.47 Å². The molecule has 0 aromatic heterocycles. The highest BCUT2D eigenvalue weighted by molar-refractivity contribution is 7.58. The average Bonchev–Trinajstić information content (AvgIpc) is 3.25. The van der Waals surface area contributed by atoms with Gasteiger partial charge in [-0.05, 0) is 34.2 Å². The molecule has 3 aromatic rings. The Balaban J connectivity index is 1.30. The normalized spacial score (nSPS) is 19.2. The van der Waals surface area contributed by atoms with Crippen LogP contribution in [0.4, 0.5) is 4.79 Å². The van der Waals surface area contributed by atoms with Crippen molar-refractivity contribution in [3.63, 3.8) is 0 Å². The van der Waals surface area contributed by atoms with Gasteiger partial charge < -0.3 is 19.5 Å². The quantitative estimate of drug-likeness (QED) is 0.398. The lowest BCUT2D eigenvalue weighted by molar-refractivity contribution is -0.141. The molecule has 3 unspecified atom stereocenters. The van der Waals surface area contributed by atoms with Crippen LogP contribution in [0.5, 0.6) is 0 Å². The van der Waals surface area contributed by atoms with Crippen molar-refractivity contribution in [3.8, 4) is 11.1 Å². The average molecular weight is 536 g/mol. The number of ether oxygens (including phenoxy) is 2. The number of fused-ring (bicyclic) bond motifs is 3. The summed E-state index contributed by atoms with van der Waals surface area (Å²) in [4.78, 5) is 37.5. The first kappa shape index (κ1) is 26.2. The summed E-state index contributed by atoms with van der Waals surface area (Å²) in [7, 11) is -4.16. The highest BCUT2D eigenvalue weighted by Crippen LogP contribution is 2.51. The molecule has 38 heavy (non-hydrogen) atoms. The molecule has 3 atom stereocenters. The van der Waals surface area contributed by atoms with Crippen LogP contribution in [0.15, 0.2) is 78.9 Å². The van der Waals surface area contributed by atoms with E-state index in [1.165, 1.54) is 4.90 Å². The van der Waals surface area contributed by atoms with Crippen LogP contribution >= 0.6 is 7.37 Å². The first-order valence-corrected chi connectivity index (χ1v) is 14.5. The molecule has 3 aromatic carbocycles. The van der Waals surface area contributed by atoms with Crippen molar-refractivity contribution in [2.45, 2.75) is 18.1 Å². The maximum atomic E-state index is 13.5. The number of amides is 1. The van der Waals surface area contributed by atoms with Gasteiger partial charge in [-0.2, -0.15) is 0 Å². The van der Waals surface area contributed by atoms with Crippen molar-refractivity contribution in [3.05, 3.63) is 95.6 Å². The second kappa shape index (κ2) is 11.1. The number of carbonyl (C=O) groups excluding carboxylic acids is 1. The van der Waals surface area contributed by atoms with E-state index in [2.05, 4.69) is 0 Å². The highest BCUT2D eigenvalue weighted by atomic mass is 31.2. The van der Waals surface area contributed by atoms with Gasteiger partial charge in [-0.1, -0.05) is 78.9 Å². The number of rotatable bonds is 8. The Bertz CT molecular complexity index is 1320. The number of carboxylic acid groups (broad SMARTS) is 1. The second-order valence-electron chi connectivity index (χ2n) is 9.72. The summed E-state index contributed by atoms with van der Waals surface area (Å²) < 4.78 is 24.7. The van der Waals surface area contributed by atoms with Gasteiger partial charge in [0.25, 0.3) is 0 Å². The molecule has 5 rings (SSSR count). The summed E-state index contributed by atoms with van der Waals surface area (Å²) in [5, 5.41) is 9.77. The number of aliphatic carboxylic acids is 1. The van der Waals surface area contributed by atoms with E-state index in [1.807, 2.05) is 54.6 Å². The van der Waals surface area contributed by atoms with Crippen LogP contribution in [0.25, 0.3) is 11.1 Å². The molecule has 1 heterocycles. The molecule has 9 heteroatoms. The van der Waals surface area contributed by atoms with Gasteiger partial charge in [0.15, 0.2) is 0 Å². The lowest BCUT2D eigenvalue weighted by Crippen LogP contribution is -2.49. The summed E-state index contributed by atoms with van der Waals surface area (Å²) in [5.41, 5.74) is 5.10. The summed E-state index contributed by atoms with van der Waals surface area (Å²) in [6.07, 6.45) is -1.07. The van der Waals surface area contributed by atoms with Crippen molar-refractivity contribution in [1.82, 2.24) is 4.90 Å². The Morgan fingerprint density at radius 1 is 0.974 bits per heavy atom. The van der Waals surface area contributed by atoms with Gasteiger partial charge in [0.1, 0.15) is 12.4 Å². The molecule has 198 valence electrons. The van der Waals surface area contributed by atoms with Crippen molar-refractivity contribution in [2.75, 3.05) is 32.5 Å². The van der Waals surface area contributed by atoms with E-state index in [1.54, 1.807) is 24.3 Å². The first-order chi connectivity index (χ1) is 18.3. The van der Waals surface area contributed by atoms with Crippen LogP contribution in [0.1, 0.15) is 22.6 Å². The number of carbonyl (C=O) groups is 2. The zero-order valence-corrected chi connectivity index (χ0v) is 21.7. The Morgan fingerprint density at radius 2 is 1.58 bits per heavy atom. The number of morpholine rings is 1. The van der Waals surface area contributed by atoms with Gasteiger partial charge in [0.2, 0.25) is 7.37 Å².